The fraction of sp³-hybridized carbons (Fsp3) is 0.739. The molecule has 1 N–H and O–H groups in total. The number of aliphatic hydroxyl groups is 1. The van der Waals surface area contributed by atoms with Crippen LogP contribution in [0.1, 0.15) is 58.3 Å². The number of benzene rings is 1. The number of unbranched alkanes of at least 4 members (excludes halogenated alkanes) is 3. The molecule has 0 atom stereocenters. The van der Waals surface area contributed by atoms with Gasteiger partial charge in [-0.3, -0.25) is 0 Å². The van der Waals surface area contributed by atoms with E-state index in [1.54, 1.807) is 35.6 Å². The summed E-state index contributed by atoms with van der Waals surface area (Å²) in [4.78, 5) is 2.62. The van der Waals surface area contributed by atoms with E-state index < -0.39 is 10.0 Å². The molecular formula is C23H39BrN2O4S. The maximum absolute atomic E-state index is 12.9. The van der Waals surface area contributed by atoms with Crippen molar-refractivity contribution in [3.05, 3.63) is 28.7 Å². The first-order valence-electron chi connectivity index (χ1n) is 11.6. The van der Waals surface area contributed by atoms with Crippen LogP contribution in [0.2, 0.25) is 0 Å². The molecule has 0 aromatic heterocycles. The summed E-state index contributed by atoms with van der Waals surface area (Å²) < 4.78 is 34.2. The van der Waals surface area contributed by atoms with Crippen LogP contribution in [0.3, 0.4) is 0 Å². The van der Waals surface area contributed by atoms with Gasteiger partial charge >= 0.3 is 0 Å². The number of ether oxygens (including phenoxy) is 1. The summed E-state index contributed by atoms with van der Waals surface area (Å²) in [5.41, 5.74) is 0. The Balaban J connectivity index is 1.62. The van der Waals surface area contributed by atoms with Crippen LogP contribution in [-0.2, 0) is 14.8 Å². The zero-order valence-corrected chi connectivity index (χ0v) is 21.4. The van der Waals surface area contributed by atoms with Crippen molar-refractivity contribution in [2.24, 2.45) is 0 Å². The Bertz CT molecular complexity index is 722. The SMILES string of the molecule is CCN(CCO)CCCCCCO[C@H]1CC[C@H](N(C)S(=O)(=O)c2ccc(Br)cc2)CC1. The highest BCUT2D eigenvalue weighted by atomic mass is 79.9. The molecule has 1 saturated carbocycles. The molecule has 1 fully saturated rings. The Morgan fingerprint density at radius 3 is 2.29 bits per heavy atom. The average Bonchev–Trinajstić information content (AvgIpc) is 2.78. The van der Waals surface area contributed by atoms with Crippen LogP contribution < -0.4 is 0 Å². The van der Waals surface area contributed by atoms with E-state index in [4.69, 9.17) is 9.84 Å². The maximum Gasteiger partial charge on any atom is 0.243 e. The summed E-state index contributed by atoms with van der Waals surface area (Å²) in [6.45, 7) is 5.96. The Labute approximate surface area is 197 Å². The van der Waals surface area contributed by atoms with Crippen molar-refractivity contribution < 1.29 is 18.3 Å². The second-order valence-electron chi connectivity index (χ2n) is 8.35. The van der Waals surface area contributed by atoms with Crippen LogP contribution in [-0.4, -0.2) is 74.8 Å². The molecule has 0 bridgehead atoms. The summed E-state index contributed by atoms with van der Waals surface area (Å²) in [5.74, 6) is 0. The lowest BCUT2D eigenvalue weighted by atomic mass is 9.93. The van der Waals surface area contributed by atoms with Gasteiger partial charge in [-0.2, -0.15) is 4.31 Å². The minimum Gasteiger partial charge on any atom is -0.395 e. The van der Waals surface area contributed by atoms with E-state index in [1.165, 1.54) is 12.8 Å². The molecule has 1 aromatic carbocycles. The molecule has 0 heterocycles. The third-order valence-electron chi connectivity index (χ3n) is 6.23. The molecule has 178 valence electrons. The summed E-state index contributed by atoms with van der Waals surface area (Å²) >= 11 is 3.35. The van der Waals surface area contributed by atoms with Crippen molar-refractivity contribution in [2.75, 3.05) is 39.9 Å². The average molecular weight is 520 g/mol. The third-order valence-corrected chi connectivity index (χ3v) is 8.69. The first kappa shape index (κ1) is 26.7. The van der Waals surface area contributed by atoms with Crippen LogP contribution in [0, 0.1) is 0 Å². The van der Waals surface area contributed by atoms with E-state index in [-0.39, 0.29) is 18.8 Å². The van der Waals surface area contributed by atoms with Crippen LogP contribution >= 0.6 is 15.9 Å². The van der Waals surface area contributed by atoms with E-state index in [2.05, 4.69) is 27.8 Å². The highest BCUT2D eigenvalue weighted by Gasteiger charge is 2.31. The summed E-state index contributed by atoms with van der Waals surface area (Å²) in [6.07, 6.45) is 8.36. The fourth-order valence-electron chi connectivity index (χ4n) is 4.16. The molecule has 6 nitrogen and oxygen atoms in total. The highest BCUT2D eigenvalue weighted by Crippen LogP contribution is 2.28. The van der Waals surface area contributed by atoms with Gasteiger partial charge in [0, 0.05) is 30.7 Å². The first-order chi connectivity index (χ1) is 14.9. The molecule has 0 aliphatic heterocycles. The second-order valence-corrected chi connectivity index (χ2v) is 11.3. The first-order valence-corrected chi connectivity index (χ1v) is 13.8. The molecule has 0 spiro atoms. The van der Waals surface area contributed by atoms with Crippen LogP contribution in [0.25, 0.3) is 0 Å². The minimum atomic E-state index is -3.46. The number of sulfonamides is 1. The normalized spacial score (nSPS) is 19.9. The van der Waals surface area contributed by atoms with Crippen molar-refractivity contribution >= 4 is 26.0 Å². The predicted octanol–water partition coefficient (Wildman–Crippen LogP) is 4.27. The van der Waals surface area contributed by atoms with Crippen LogP contribution in [0.15, 0.2) is 33.6 Å². The lowest BCUT2D eigenvalue weighted by Crippen LogP contribution is -2.40. The summed E-state index contributed by atoms with van der Waals surface area (Å²) in [5, 5.41) is 9.02. The molecule has 2 rings (SSSR count). The Morgan fingerprint density at radius 2 is 1.68 bits per heavy atom. The number of likely N-dealkylation sites (N-methyl/N-ethyl adjacent to an activating group) is 1. The largest absolute Gasteiger partial charge is 0.395 e. The quantitative estimate of drug-likeness (QED) is 0.372. The van der Waals surface area contributed by atoms with Gasteiger partial charge in [-0.1, -0.05) is 35.7 Å². The molecule has 0 radical (unpaired) electrons. The lowest BCUT2D eigenvalue weighted by Gasteiger charge is -2.34. The Kier molecular flexibility index (Phi) is 12.0. The van der Waals surface area contributed by atoms with E-state index in [0.717, 1.165) is 69.2 Å². The molecule has 1 aliphatic rings. The highest BCUT2D eigenvalue weighted by molar-refractivity contribution is 9.10. The molecule has 0 unspecified atom stereocenters. The Hall–Kier alpha value is -0.510. The molecular weight excluding hydrogens is 480 g/mol. The van der Waals surface area contributed by atoms with E-state index in [9.17, 15) is 8.42 Å². The van der Waals surface area contributed by atoms with E-state index in [1.807, 2.05) is 0 Å². The van der Waals surface area contributed by atoms with Gasteiger partial charge in [-0.15, -0.1) is 0 Å². The van der Waals surface area contributed by atoms with Gasteiger partial charge < -0.3 is 14.7 Å². The summed E-state index contributed by atoms with van der Waals surface area (Å²) in [6, 6.07) is 6.86. The molecule has 1 aromatic rings. The standard InChI is InChI=1S/C23H39BrN2O4S/c1-3-26(17-18-27)16-6-4-5-7-19-30-22-12-10-21(11-13-22)25(2)31(28,29)23-14-8-20(24)9-15-23/h8-9,14-15,21-22,27H,3-7,10-13,16-19H2,1-2H3/t21-,22-. The predicted molar refractivity (Wildman–Crippen MR) is 129 cm³/mol. The zero-order chi connectivity index (χ0) is 22.7. The van der Waals surface area contributed by atoms with Gasteiger partial charge in [-0.25, -0.2) is 8.42 Å². The lowest BCUT2D eigenvalue weighted by molar-refractivity contribution is 0.0156. The third kappa shape index (κ3) is 8.74. The number of hydrogen-bond donors (Lipinski definition) is 1. The fourth-order valence-corrected chi connectivity index (χ4v) is 5.84. The van der Waals surface area contributed by atoms with Crippen molar-refractivity contribution in [1.29, 1.82) is 0 Å². The van der Waals surface area contributed by atoms with Gasteiger partial charge in [0.2, 0.25) is 10.0 Å². The maximum atomic E-state index is 12.9. The van der Waals surface area contributed by atoms with Crippen molar-refractivity contribution in [2.45, 2.75) is 75.3 Å². The molecule has 31 heavy (non-hydrogen) atoms. The summed E-state index contributed by atoms with van der Waals surface area (Å²) in [7, 11) is -1.76. The topological polar surface area (TPSA) is 70.1 Å². The van der Waals surface area contributed by atoms with Gasteiger partial charge in [0.25, 0.3) is 0 Å². The number of aliphatic hydroxyl groups excluding tert-OH is 1. The molecule has 1 aliphatic carbocycles. The van der Waals surface area contributed by atoms with Crippen molar-refractivity contribution in [1.82, 2.24) is 9.21 Å². The number of nitrogens with zero attached hydrogens (tertiary/aromatic N) is 2. The van der Waals surface area contributed by atoms with Gasteiger partial charge in [0.05, 0.1) is 17.6 Å². The smallest absolute Gasteiger partial charge is 0.243 e. The van der Waals surface area contributed by atoms with Crippen molar-refractivity contribution in [3.63, 3.8) is 0 Å². The van der Waals surface area contributed by atoms with Crippen molar-refractivity contribution in [3.8, 4) is 0 Å². The van der Waals surface area contributed by atoms with Gasteiger partial charge in [-0.05, 0) is 75.9 Å². The number of halogens is 1. The zero-order valence-electron chi connectivity index (χ0n) is 19.0. The second kappa shape index (κ2) is 13.9. The number of rotatable bonds is 14. The number of hydrogen-bond acceptors (Lipinski definition) is 5. The van der Waals surface area contributed by atoms with E-state index in [0.29, 0.717) is 4.90 Å². The van der Waals surface area contributed by atoms with Crippen LogP contribution in [0.5, 0.6) is 0 Å². The molecule has 0 amide bonds. The monoisotopic (exact) mass is 518 g/mol. The minimum absolute atomic E-state index is 0.0360. The van der Waals surface area contributed by atoms with Gasteiger partial charge in [0.1, 0.15) is 0 Å². The van der Waals surface area contributed by atoms with E-state index >= 15 is 0 Å². The van der Waals surface area contributed by atoms with Gasteiger partial charge in [0.15, 0.2) is 0 Å². The molecule has 8 heteroatoms. The van der Waals surface area contributed by atoms with Crippen LogP contribution in [0.4, 0.5) is 0 Å². The Morgan fingerprint density at radius 1 is 1.03 bits per heavy atom. The molecule has 0 saturated heterocycles.